The monoisotopic (exact) mass is 283 g/mol. The number of aromatic amines is 1. The molecule has 2 amide bonds. The van der Waals surface area contributed by atoms with Gasteiger partial charge in [-0.2, -0.15) is 0 Å². The normalized spacial score (nSPS) is 14.8. The first-order valence-electron chi connectivity index (χ1n) is 6.94. The van der Waals surface area contributed by atoms with Gasteiger partial charge in [0.25, 0.3) is 5.91 Å². The van der Waals surface area contributed by atoms with Gasteiger partial charge in [-0.3, -0.25) is 9.59 Å². The van der Waals surface area contributed by atoms with Gasteiger partial charge in [0.1, 0.15) is 0 Å². The molecule has 1 aliphatic rings. The Morgan fingerprint density at radius 2 is 2.14 bits per heavy atom. The van der Waals surface area contributed by atoms with Crippen LogP contribution in [0.1, 0.15) is 10.4 Å². The summed E-state index contributed by atoms with van der Waals surface area (Å²) in [5.74, 6) is -0.155. The van der Waals surface area contributed by atoms with E-state index in [1.165, 1.54) is 0 Å². The van der Waals surface area contributed by atoms with E-state index in [1.54, 1.807) is 17.2 Å². The molecule has 0 unspecified atom stereocenters. The van der Waals surface area contributed by atoms with Gasteiger partial charge in [-0.1, -0.05) is 24.3 Å². The molecule has 2 aromatic rings. The van der Waals surface area contributed by atoms with Crippen LogP contribution >= 0.6 is 0 Å². The summed E-state index contributed by atoms with van der Waals surface area (Å²) in [7, 11) is 0. The lowest BCUT2D eigenvalue weighted by Crippen LogP contribution is -2.55. The van der Waals surface area contributed by atoms with Gasteiger partial charge in [-0.05, 0) is 6.07 Å². The Kier molecular flexibility index (Phi) is 3.48. The van der Waals surface area contributed by atoms with Gasteiger partial charge < -0.3 is 15.2 Å². The minimum absolute atomic E-state index is 0.0159. The fourth-order valence-corrected chi connectivity index (χ4v) is 2.55. The second kappa shape index (κ2) is 5.44. The number of hydrogen-bond donors (Lipinski definition) is 2. The Balaban J connectivity index is 1.66. The van der Waals surface area contributed by atoms with E-state index in [0.717, 1.165) is 10.9 Å². The maximum Gasteiger partial charge on any atom is 0.256 e. The van der Waals surface area contributed by atoms with Gasteiger partial charge >= 0.3 is 0 Å². The van der Waals surface area contributed by atoms with Crippen molar-refractivity contribution in [1.29, 1.82) is 0 Å². The van der Waals surface area contributed by atoms with Crippen LogP contribution in [-0.2, 0) is 4.79 Å². The molecule has 1 fully saturated rings. The largest absolute Gasteiger partial charge is 0.360 e. The first kappa shape index (κ1) is 13.4. The number of amides is 2. The maximum atomic E-state index is 12.4. The Bertz CT molecular complexity index is 698. The molecule has 0 saturated carbocycles. The van der Waals surface area contributed by atoms with Crippen LogP contribution in [0.5, 0.6) is 0 Å². The maximum absolute atomic E-state index is 12.4. The van der Waals surface area contributed by atoms with Gasteiger partial charge in [0.2, 0.25) is 5.91 Å². The second-order valence-electron chi connectivity index (χ2n) is 5.19. The third-order valence-corrected chi connectivity index (χ3v) is 3.78. The lowest BCUT2D eigenvalue weighted by molar-refractivity contribution is -0.128. The van der Waals surface area contributed by atoms with Crippen LogP contribution in [0, 0.1) is 5.92 Å². The standard InChI is InChI=1S/C16H17N3O2/c1-2-7-17-15(20)11-9-19(10-11)16(21)13-8-18-14-6-4-3-5-12(13)14/h2-6,8,11,18H,1,7,9-10H2,(H,17,20). The van der Waals surface area contributed by atoms with Crippen molar-refractivity contribution in [2.75, 3.05) is 19.6 Å². The number of likely N-dealkylation sites (tertiary alicyclic amines) is 1. The van der Waals surface area contributed by atoms with Gasteiger partial charge in [0.05, 0.1) is 11.5 Å². The minimum atomic E-state index is -0.112. The molecule has 3 rings (SSSR count). The Labute approximate surface area is 122 Å². The van der Waals surface area contributed by atoms with Crippen LogP contribution in [-0.4, -0.2) is 41.3 Å². The Hall–Kier alpha value is -2.56. The van der Waals surface area contributed by atoms with Gasteiger partial charge in [0.15, 0.2) is 0 Å². The molecular weight excluding hydrogens is 266 g/mol. The summed E-state index contributed by atoms with van der Waals surface area (Å²) in [6.07, 6.45) is 3.38. The molecule has 0 aliphatic carbocycles. The molecular formula is C16H17N3O2. The van der Waals surface area contributed by atoms with E-state index < -0.39 is 0 Å². The number of nitrogens with one attached hydrogen (secondary N) is 2. The van der Waals surface area contributed by atoms with Gasteiger partial charge in [0, 0.05) is 36.7 Å². The van der Waals surface area contributed by atoms with Crippen LogP contribution in [0.4, 0.5) is 0 Å². The summed E-state index contributed by atoms with van der Waals surface area (Å²) in [6.45, 7) is 4.97. The van der Waals surface area contributed by atoms with E-state index in [1.807, 2.05) is 24.3 Å². The smallest absolute Gasteiger partial charge is 0.256 e. The zero-order valence-electron chi connectivity index (χ0n) is 11.6. The molecule has 5 nitrogen and oxygen atoms in total. The number of rotatable bonds is 4. The van der Waals surface area contributed by atoms with E-state index in [-0.39, 0.29) is 17.7 Å². The summed E-state index contributed by atoms with van der Waals surface area (Å²) in [5.41, 5.74) is 1.61. The molecule has 2 N–H and O–H groups in total. The van der Waals surface area contributed by atoms with Crippen molar-refractivity contribution < 1.29 is 9.59 Å². The third-order valence-electron chi connectivity index (χ3n) is 3.78. The first-order valence-corrected chi connectivity index (χ1v) is 6.94. The number of carbonyl (C=O) groups excluding carboxylic acids is 2. The van der Waals surface area contributed by atoms with E-state index in [9.17, 15) is 9.59 Å². The molecule has 0 atom stereocenters. The highest BCUT2D eigenvalue weighted by atomic mass is 16.2. The summed E-state index contributed by atoms with van der Waals surface area (Å²) in [4.78, 5) is 29.0. The summed E-state index contributed by atoms with van der Waals surface area (Å²) in [5, 5.41) is 3.68. The van der Waals surface area contributed by atoms with Crippen molar-refractivity contribution in [2.24, 2.45) is 5.92 Å². The van der Waals surface area contributed by atoms with E-state index >= 15 is 0 Å². The topological polar surface area (TPSA) is 65.2 Å². The number of para-hydroxylation sites is 1. The molecule has 1 aliphatic heterocycles. The highest BCUT2D eigenvalue weighted by Gasteiger charge is 2.36. The lowest BCUT2D eigenvalue weighted by atomic mass is 9.97. The van der Waals surface area contributed by atoms with Crippen molar-refractivity contribution in [1.82, 2.24) is 15.2 Å². The first-order chi connectivity index (χ1) is 10.2. The summed E-state index contributed by atoms with van der Waals surface area (Å²) < 4.78 is 0. The number of benzene rings is 1. The molecule has 2 heterocycles. The summed E-state index contributed by atoms with van der Waals surface area (Å²) in [6, 6.07) is 7.70. The average molecular weight is 283 g/mol. The van der Waals surface area contributed by atoms with Crippen molar-refractivity contribution in [2.45, 2.75) is 0 Å². The molecule has 0 bridgehead atoms. The molecule has 0 radical (unpaired) electrons. The average Bonchev–Trinajstić information content (AvgIpc) is 2.87. The van der Waals surface area contributed by atoms with Crippen molar-refractivity contribution in [3.63, 3.8) is 0 Å². The fourth-order valence-electron chi connectivity index (χ4n) is 2.55. The SMILES string of the molecule is C=CCNC(=O)C1CN(C(=O)c2c[nH]c3ccccc23)C1. The number of H-pyrrole nitrogens is 1. The number of carbonyl (C=O) groups is 2. The highest BCUT2D eigenvalue weighted by Crippen LogP contribution is 2.23. The molecule has 5 heteroatoms. The van der Waals surface area contributed by atoms with Crippen LogP contribution < -0.4 is 5.32 Å². The molecule has 21 heavy (non-hydrogen) atoms. The van der Waals surface area contributed by atoms with Crippen LogP contribution in [0.2, 0.25) is 0 Å². The number of hydrogen-bond acceptors (Lipinski definition) is 2. The molecule has 108 valence electrons. The van der Waals surface area contributed by atoms with Crippen molar-refractivity contribution in [3.8, 4) is 0 Å². The lowest BCUT2D eigenvalue weighted by Gasteiger charge is -2.38. The van der Waals surface area contributed by atoms with Crippen LogP contribution in [0.25, 0.3) is 10.9 Å². The zero-order chi connectivity index (χ0) is 14.8. The van der Waals surface area contributed by atoms with Crippen molar-refractivity contribution >= 4 is 22.7 Å². The number of aromatic nitrogens is 1. The molecule has 1 aromatic heterocycles. The molecule has 1 saturated heterocycles. The highest BCUT2D eigenvalue weighted by molar-refractivity contribution is 6.07. The quantitative estimate of drug-likeness (QED) is 0.836. The van der Waals surface area contributed by atoms with Crippen molar-refractivity contribution in [3.05, 3.63) is 48.7 Å². The van der Waals surface area contributed by atoms with E-state index in [2.05, 4.69) is 16.9 Å². The van der Waals surface area contributed by atoms with Crippen LogP contribution in [0.3, 0.4) is 0 Å². The number of fused-ring (bicyclic) bond motifs is 1. The predicted octanol–water partition coefficient (Wildman–Crippen LogP) is 1.54. The number of nitrogens with zero attached hydrogens (tertiary/aromatic N) is 1. The van der Waals surface area contributed by atoms with Crippen LogP contribution in [0.15, 0.2) is 43.1 Å². The fraction of sp³-hybridized carbons (Fsp3) is 0.250. The Morgan fingerprint density at radius 3 is 2.90 bits per heavy atom. The third kappa shape index (κ3) is 2.42. The van der Waals surface area contributed by atoms with E-state index in [4.69, 9.17) is 0 Å². The Morgan fingerprint density at radius 1 is 1.38 bits per heavy atom. The van der Waals surface area contributed by atoms with E-state index in [0.29, 0.717) is 25.2 Å². The zero-order valence-corrected chi connectivity index (χ0v) is 11.6. The summed E-state index contributed by atoms with van der Waals surface area (Å²) >= 11 is 0. The second-order valence-corrected chi connectivity index (χ2v) is 5.19. The predicted molar refractivity (Wildman–Crippen MR) is 80.9 cm³/mol. The van der Waals surface area contributed by atoms with Gasteiger partial charge in [-0.15, -0.1) is 6.58 Å². The molecule has 0 spiro atoms. The molecule has 1 aromatic carbocycles. The minimum Gasteiger partial charge on any atom is -0.360 e. The van der Waals surface area contributed by atoms with Gasteiger partial charge in [-0.25, -0.2) is 0 Å².